The quantitative estimate of drug-likeness (QED) is 0.625. The van der Waals surface area contributed by atoms with Crippen LogP contribution in [0.2, 0.25) is 0 Å². The Kier molecular flexibility index (Phi) is 4.69. The zero-order valence-corrected chi connectivity index (χ0v) is 17.7. The standard InChI is InChI=1S/C26H36O2/c1-25-14-12-20(28-17-18-6-4-3-5-7-18)16-19(25)8-9-21-22-10-11-24(27)26(22,2)15-13-23(21)25/h3-7,19-23H,8-17H2,1-2H3/t19-,20-,21-,22+,23-,25-,26+/m0/s1. The number of fused-ring (bicyclic) bond motifs is 5. The van der Waals surface area contributed by atoms with Crippen molar-refractivity contribution in [3.05, 3.63) is 35.9 Å². The van der Waals surface area contributed by atoms with Gasteiger partial charge in [-0.25, -0.2) is 0 Å². The monoisotopic (exact) mass is 380 g/mol. The molecule has 0 saturated heterocycles. The molecule has 0 aromatic heterocycles. The van der Waals surface area contributed by atoms with E-state index >= 15 is 0 Å². The Morgan fingerprint density at radius 3 is 2.61 bits per heavy atom. The third kappa shape index (κ3) is 2.90. The highest BCUT2D eigenvalue weighted by molar-refractivity contribution is 5.87. The molecule has 152 valence electrons. The van der Waals surface area contributed by atoms with Crippen molar-refractivity contribution in [2.75, 3.05) is 0 Å². The van der Waals surface area contributed by atoms with E-state index < -0.39 is 0 Å². The fourth-order valence-corrected chi connectivity index (χ4v) is 7.93. The smallest absolute Gasteiger partial charge is 0.139 e. The first-order chi connectivity index (χ1) is 13.5. The highest BCUT2D eigenvalue weighted by Gasteiger charge is 2.60. The highest BCUT2D eigenvalue weighted by atomic mass is 16.5. The van der Waals surface area contributed by atoms with Crippen LogP contribution in [0.4, 0.5) is 0 Å². The molecule has 0 heterocycles. The minimum absolute atomic E-state index is 0.0142. The van der Waals surface area contributed by atoms with E-state index in [0.29, 0.717) is 23.2 Å². The predicted molar refractivity (Wildman–Crippen MR) is 112 cm³/mol. The Morgan fingerprint density at radius 1 is 0.964 bits per heavy atom. The summed E-state index contributed by atoms with van der Waals surface area (Å²) in [4.78, 5) is 12.6. The number of carbonyl (C=O) groups excluding carboxylic acids is 1. The summed E-state index contributed by atoms with van der Waals surface area (Å²) in [5.41, 5.74) is 1.78. The number of hydrogen-bond donors (Lipinski definition) is 0. The van der Waals surface area contributed by atoms with Crippen LogP contribution in [0.1, 0.15) is 77.2 Å². The summed E-state index contributed by atoms with van der Waals surface area (Å²) in [6.45, 7) is 5.65. The first-order valence-electron chi connectivity index (χ1n) is 11.7. The third-order valence-electron chi connectivity index (χ3n) is 9.66. The molecule has 0 unspecified atom stereocenters. The summed E-state index contributed by atoms with van der Waals surface area (Å²) in [5, 5.41) is 0. The van der Waals surface area contributed by atoms with Gasteiger partial charge in [0.15, 0.2) is 0 Å². The highest BCUT2D eigenvalue weighted by Crippen LogP contribution is 2.65. The predicted octanol–water partition coefficient (Wildman–Crippen LogP) is 6.18. The lowest BCUT2D eigenvalue weighted by Gasteiger charge is -2.60. The normalized spacial score (nSPS) is 45.2. The maximum atomic E-state index is 12.6. The van der Waals surface area contributed by atoms with Crippen LogP contribution in [0.25, 0.3) is 0 Å². The van der Waals surface area contributed by atoms with Crippen LogP contribution in [-0.2, 0) is 16.1 Å². The maximum absolute atomic E-state index is 12.6. The Balaban J connectivity index is 1.27. The summed E-state index contributed by atoms with van der Waals surface area (Å²) in [6.07, 6.45) is 11.3. The Morgan fingerprint density at radius 2 is 1.79 bits per heavy atom. The SMILES string of the molecule is C[C@]12CC[C@H](OCc3ccccc3)C[C@@H]1CC[C@H]1[C@H]3CCC(=O)[C@]3(C)CC[C@@H]12. The van der Waals surface area contributed by atoms with Gasteiger partial charge in [-0.15, -0.1) is 0 Å². The molecule has 7 atom stereocenters. The van der Waals surface area contributed by atoms with Crippen molar-refractivity contribution >= 4 is 5.78 Å². The van der Waals surface area contributed by atoms with Gasteiger partial charge in [0.25, 0.3) is 0 Å². The molecule has 28 heavy (non-hydrogen) atoms. The number of ketones is 1. The number of rotatable bonds is 3. The van der Waals surface area contributed by atoms with E-state index in [1.807, 2.05) is 0 Å². The van der Waals surface area contributed by atoms with Crippen molar-refractivity contribution in [1.82, 2.24) is 0 Å². The summed E-state index contributed by atoms with van der Waals surface area (Å²) in [5.74, 6) is 3.69. The van der Waals surface area contributed by atoms with Crippen molar-refractivity contribution < 1.29 is 9.53 Å². The summed E-state index contributed by atoms with van der Waals surface area (Å²) in [7, 11) is 0. The van der Waals surface area contributed by atoms with E-state index in [1.54, 1.807) is 0 Å². The van der Waals surface area contributed by atoms with Crippen LogP contribution in [0.3, 0.4) is 0 Å². The third-order valence-corrected chi connectivity index (χ3v) is 9.66. The van der Waals surface area contributed by atoms with E-state index in [4.69, 9.17) is 4.74 Å². The molecule has 0 radical (unpaired) electrons. The molecule has 0 amide bonds. The van der Waals surface area contributed by atoms with E-state index in [0.717, 1.165) is 37.2 Å². The van der Waals surface area contributed by atoms with Gasteiger partial charge in [-0.2, -0.15) is 0 Å². The number of hydrogen-bond acceptors (Lipinski definition) is 2. The van der Waals surface area contributed by atoms with Crippen molar-refractivity contribution in [2.45, 2.75) is 84.3 Å². The lowest BCUT2D eigenvalue weighted by molar-refractivity contribution is -0.145. The molecule has 0 aliphatic heterocycles. The van der Waals surface area contributed by atoms with E-state index in [2.05, 4.69) is 44.2 Å². The second-order valence-corrected chi connectivity index (χ2v) is 10.8. The summed E-state index contributed by atoms with van der Waals surface area (Å²) < 4.78 is 6.35. The Labute approximate surface area is 170 Å². The van der Waals surface area contributed by atoms with Gasteiger partial charge in [-0.1, -0.05) is 44.2 Å². The molecule has 1 aromatic rings. The van der Waals surface area contributed by atoms with Crippen molar-refractivity contribution in [1.29, 1.82) is 0 Å². The number of Topliss-reactive ketones (excluding diaryl/α,β-unsaturated/α-hetero) is 1. The average Bonchev–Trinajstić information content (AvgIpc) is 3.02. The van der Waals surface area contributed by atoms with Crippen LogP contribution in [0.5, 0.6) is 0 Å². The second-order valence-electron chi connectivity index (χ2n) is 10.8. The number of carbonyl (C=O) groups is 1. The molecule has 0 N–H and O–H groups in total. The lowest BCUT2D eigenvalue weighted by atomic mass is 9.45. The maximum Gasteiger partial charge on any atom is 0.139 e. The van der Waals surface area contributed by atoms with Crippen LogP contribution in [0, 0.1) is 34.5 Å². The molecular weight excluding hydrogens is 344 g/mol. The van der Waals surface area contributed by atoms with Gasteiger partial charge in [0.05, 0.1) is 12.7 Å². The largest absolute Gasteiger partial charge is 0.374 e. The van der Waals surface area contributed by atoms with Crippen LogP contribution in [0.15, 0.2) is 30.3 Å². The van der Waals surface area contributed by atoms with Crippen molar-refractivity contribution in [3.63, 3.8) is 0 Å². The molecule has 0 bridgehead atoms. The fraction of sp³-hybridized carbons (Fsp3) is 0.731. The molecule has 5 rings (SSSR count). The van der Waals surface area contributed by atoms with Crippen LogP contribution >= 0.6 is 0 Å². The van der Waals surface area contributed by atoms with E-state index in [1.165, 1.54) is 50.5 Å². The molecule has 2 nitrogen and oxygen atoms in total. The molecule has 4 aliphatic carbocycles. The van der Waals surface area contributed by atoms with Gasteiger partial charge in [0, 0.05) is 11.8 Å². The minimum atomic E-state index is 0.0142. The van der Waals surface area contributed by atoms with Crippen LogP contribution < -0.4 is 0 Å². The Hall–Kier alpha value is -1.15. The molecule has 4 aliphatic rings. The first kappa shape index (κ1) is 18.9. The van der Waals surface area contributed by atoms with Crippen molar-refractivity contribution in [2.24, 2.45) is 34.5 Å². The molecular formula is C26H36O2. The van der Waals surface area contributed by atoms with Gasteiger partial charge in [0.2, 0.25) is 0 Å². The molecule has 4 saturated carbocycles. The topological polar surface area (TPSA) is 26.3 Å². The zero-order chi connectivity index (χ0) is 19.4. The minimum Gasteiger partial charge on any atom is -0.374 e. The lowest BCUT2D eigenvalue weighted by Crippen LogP contribution is -2.54. The van der Waals surface area contributed by atoms with E-state index in [-0.39, 0.29) is 5.41 Å². The summed E-state index contributed by atoms with van der Waals surface area (Å²) in [6, 6.07) is 10.6. The van der Waals surface area contributed by atoms with Gasteiger partial charge < -0.3 is 4.74 Å². The van der Waals surface area contributed by atoms with E-state index in [9.17, 15) is 4.79 Å². The number of ether oxygens (including phenoxy) is 1. The van der Waals surface area contributed by atoms with Gasteiger partial charge in [0.1, 0.15) is 5.78 Å². The van der Waals surface area contributed by atoms with Gasteiger partial charge in [-0.3, -0.25) is 4.79 Å². The zero-order valence-electron chi connectivity index (χ0n) is 17.7. The molecule has 4 fully saturated rings. The molecule has 2 heteroatoms. The van der Waals surface area contributed by atoms with Crippen molar-refractivity contribution in [3.8, 4) is 0 Å². The number of benzene rings is 1. The first-order valence-corrected chi connectivity index (χ1v) is 11.7. The second kappa shape index (κ2) is 6.97. The molecule has 1 aromatic carbocycles. The Bertz CT molecular complexity index is 727. The average molecular weight is 381 g/mol. The van der Waals surface area contributed by atoms with Crippen LogP contribution in [-0.4, -0.2) is 11.9 Å². The molecule has 0 spiro atoms. The van der Waals surface area contributed by atoms with Gasteiger partial charge >= 0.3 is 0 Å². The van der Waals surface area contributed by atoms with Gasteiger partial charge in [-0.05, 0) is 86.0 Å². The fourth-order valence-electron chi connectivity index (χ4n) is 7.93. The summed E-state index contributed by atoms with van der Waals surface area (Å²) >= 11 is 0.